The van der Waals surface area contributed by atoms with Crippen LogP contribution in [-0.4, -0.2) is 34.4 Å². The number of hydrogen-bond acceptors (Lipinski definition) is 4. The number of nitrogens with two attached hydrogens (primary N) is 1. The molecule has 1 rings (SSSR count). The Balaban J connectivity index is 2.51. The van der Waals surface area contributed by atoms with E-state index in [2.05, 4.69) is 5.32 Å². The fourth-order valence-electron chi connectivity index (χ4n) is 2.45. The Morgan fingerprint density at radius 3 is 2.63 bits per heavy atom. The van der Waals surface area contributed by atoms with Crippen LogP contribution in [0, 0.1) is 0 Å². The molecule has 1 saturated carbocycles. The van der Waals surface area contributed by atoms with Crippen LogP contribution in [0.4, 0.5) is 4.79 Å². The molecular formula is C13H24N2O4. The monoisotopic (exact) mass is 272 g/mol. The summed E-state index contributed by atoms with van der Waals surface area (Å²) in [6.07, 6.45) is 2.21. The van der Waals surface area contributed by atoms with E-state index in [-0.39, 0.29) is 12.5 Å². The van der Waals surface area contributed by atoms with Gasteiger partial charge in [0.1, 0.15) is 5.60 Å². The van der Waals surface area contributed by atoms with Crippen LogP contribution in [0.1, 0.15) is 52.9 Å². The van der Waals surface area contributed by atoms with Crippen molar-refractivity contribution in [3.8, 4) is 0 Å². The molecule has 6 nitrogen and oxygen atoms in total. The predicted molar refractivity (Wildman–Crippen MR) is 70.8 cm³/mol. The SMILES string of the molecule is CC(C)(C)OC(=O)NC1CCCC(N)(CC(=O)O)C1. The van der Waals surface area contributed by atoms with Crippen LogP contribution >= 0.6 is 0 Å². The van der Waals surface area contributed by atoms with Gasteiger partial charge in [0.05, 0.1) is 6.42 Å². The van der Waals surface area contributed by atoms with Crippen molar-refractivity contribution in [2.45, 2.75) is 70.1 Å². The molecule has 1 fully saturated rings. The Kier molecular flexibility index (Phi) is 4.79. The van der Waals surface area contributed by atoms with Gasteiger partial charge in [0.25, 0.3) is 0 Å². The first-order chi connectivity index (χ1) is 8.60. The van der Waals surface area contributed by atoms with E-state index in [1.54, 1.807) is 20.8 Å². The maximum atomic E-state index is 11.7. The van der Waals surface area contributed by atoms with Crippen LogP contribution in [-0.2, 0) is 9.53 Å². The number of rotatable bonds is 3. The van der Waals surface area contributed by atoms with Crippen LogP contribution in [0.25, 0.3) is 0 Å². The molecule has 0 aliphatic heterocycles. The molecule has 110 valence electrons. The largest absolute Gasteiger partial charge is 0.481 e. The summed E-state index contributed by atoms with van der Waals surface area (Å²) >= 11 is 0. The standard InChI is InChI=1S/C13H24N2O4/c1-12(2,3)19-11(18)15-9-5-4-6-13(14,7-9)8-10(16)17/h9H,4-8,14H2,1-3H3,(H,15,18)(H,16,17). The van der Waals surface area contributed by atoms with Gasteiger partial charge in [-0.3, -0.25) is 4.79 Å². The maximum Gasteiger partial charge on any atom is 0.407 e. The Bertz CT molecular complexity index is 351. The summed E-state index contributed by atoms with van der Waals surface area (Å²) in [5.41, 5.74) is 4.81. The van der Waals surface area contributed by atoms with E-state index < -0.39 is 23.2 Å². The first kappa shape index (κ1) is 15.8. The van der Waals surface area contributed by atoms with Gasteiger partial charge < -0.3 is 20.9 Å². The van der Waals surface area contributed by atoms with E-state index in [0.717, 1.165) is 12.8 Å². The molecule has 0 radical (unpaired) electrons. The molecule has 0 aromatic heterocycles. The molecule has 0 spiro atoms. The first-order valence-electron chi connectivity index (χ1n) is 6.60. The van der Waals surface area contributed by atoms with Crippen LogP contribution < -0.4 is 11.1 Å². The second-order valence-electron chi connectivity index (χ2n) is 6.37. The zero-order valence-electron chi connectivity index (χ0n) is 11.9. The summed E-state index contributed by atoms with van der Waals surface area (Å²) < 4.78 is 5.18. The number of hydrogen-bond donors (Lipinski definition) is 3. The van der Waals surface area contributed by atoms with E-state index in [4.69, 9.17) is 15.6 Å². The van der Waals surface area contributed by atoms with Crippen molar-refractivity contribution in [2.75, 3.05) is 0 Å². The Morgan fingerprint density at radius 2 is 2.11 bits per heavy atom. The zero-order chi connectivity index (χ0) is 14.7. The van der Waals surface area contributed by atoms with Gasteiger partial charge in [-0.25, -0.2) is 4.79 Å². The summed E-state index contributed by atoms with van der Waals surface area (Å²) in [6, 6.07) is -0.118. The molecule has 1 aliphatic carbocycles. The van der Waals surface area contributed by atoms with Crippen molar-refractivity contribution in [1.29, 1.82) is 0 Å². The van der Waals surface area contributed by atoms with Crippen molar-refractivity contribution in [1.82, 2.24) is 5.32 Å². The van der Waals surface area contributed by atoms with Gasteiger partial charge in [0, 0.05) is 11.6 Å². The van der Waals surface area contributed by atoms with Crippen LogP contribution in [0.3, 0.4) is 0 Å². The number of alkyl carbamates (subject to hydrolysis) is 1. The molecule has 2 atom stereocenters. The molecule has 1 amide bonds. The Morgan fingerprint density at radius 1 is 1.47 bits per heavy atom. The normalized spacial score (nSPS) is 27.7. The zero-order valence-corrected chi connectivity index (χ0v) is 11.9. The lowest BCUT2D eigenvalue weighted by Gasteiger charge is -2.37. The van der Waals surface area contributed by atoms with Crippen molar-refractivity contribution in [3.63, 3.8) is 0 Å². The summed E-state index contributed by atoms with van der Waals surface area (Å²) in [5, 5.41) is 11.6. The maximum absolute atomic E-state index is 11.7. The number of carboxylic acid groups (broad SMARTS) is 1. The Labute approximate surface area is 113 Å². The minimum atomic E-state index is -0.902. The topological polar surface area (TPSA) is 102 Å². The summed E-state index contributed by atoms with van der Waals surface area (Å²) in [7, 11) is 0. The molecule has 0 saturated heterocycles. The van der Waals surface area contributed by atoms with Gasteiger partial charge in [-0.15, -0.1) is 0 Å². The number of nitrogens with one attached hydrogen (secondary N) is 1. The van der Waals surface area contributed by atoms with Gasteiger partial charge in [-0.05, 0) is 46.5 Å². The lowest BCUT2D eigenvalue weighted by molar-refractivity contribution is -0.138. The third kappa shape index (κ3) is 5.92. The molecular weight excluding hydrogens is 248 g/mol. The second kappa shape index (κ2) is 5.77. The minimum Gasteiger partial charge on any atom is -0.481 e. The van der Waals surface area contributed by atoms with Gasteiger partial charge in [-0.1, -0.05) is 0 Å². The molecule has 0 bridgehead atoms. The quantitative estimate of drug-likeness (QED) is 0.724. The molecule has 0 heterocycles. The summed E-state index contributed by atoms with van der Waals surface area (Å²) in [4.78, 5) is 22.5. The molecule has 6 heteroatoms. The second-order valence-corrected chi connectivity index (χ2v) is 6.37. The first-order valence-corrected chi connectivity index (χ1v) is 6.60. The number of amides is 1. The van der Waals surface area contributed by atoms with Crippen LogP contribution in [0.15, 0.2) is 0 Å². The minimum absolute atomic E-state index is 0.0699. The molecule has 0 aromatic carbocycles. The highest BCUT2D eigenvalue weighted by atomic mass is 16.6. The summed E-state index contributed by atoms with van der Waals surface area (Å²) in [5.74, 6) is -0.902. The molecule has 0 aromatic rings. The van der Waals surface area contributed by atoms with Crippen molar-refractivity contribution < 1.29 is 19.4 Å². The fourth-order valence-corrected chi connectivity index (χ4v) is 2.45. The molecule has 2 unspecified atom stereocenters. The molecule has 19 heavy (non-hydrogen) atoms. The Hall–Kier alpha value is -1.30. The van der Waals surface area contributed by atoms with Crippen molar-refractivity contribution >= 4 is 12.1 Å². The molecule has 1 aliphatic rings. The lowest BCUT2D eigenvalue weighted by atomic mass is 9.77. The lowest BCUT2D eigenvalue weighted by Crippen LogP contribution is -2.52. The smallest absolute Gasteiger partial charge is 0.407 e. The average molecular weight is 272 g/mol. The highest BCUT2D eigenvalue weighted by molar-refractivity contribution is 5.69. The third-order valence-electron chi connectivity index (χ3n) is 3.10. The van der Waals surface area contributed by atoms with Crippen LogP contribution in [0.2, 0.25) is 0 Å². The van der Waals surface area contributed by atoms with Crippen molar-refractivity contribution in [2.24, 2.45) is 5.73 Å². The van der Waals surface area contributed by atoms with Gasteiger partial charge in [-0.2, -0.15) is 0 Å². The van der Waals surface area contributed by atoms with E-state index >= 15 is 0 Å². The van der Waals surface area contributed by atoms with E-state index in [1.165, 1.54) is 0 Å². The number of carboxylic acids is 1. The van der Waals surface area contributed by atoms with Crippen molar-refractivity contribution in [3.05, 3.63) is 0 Å². The highest BCUT2D eigenvalue weighted by Crippen LogP contribution is 2.29. The number of carbonyl (C=O) groups excluding carboxylic acids is 1. The predicted octanol–water partition coefficient (Wildman–Crippen LogP) is 1.63. The van der Waals surface area contributed by atoms with Gasteiger partial charge >= 0.3 is 12.1 Å². The number of carbonyl (C=O) groups is 2. The molecule has 4 N–H and O–H groups in total. The van der Waals surface area contributed by atoms with E-state index in [0.29, 0.717) is 12.8 Å². The van der Waals surface area contributed by atoms with E-state index in [9.17, 15) is 9.59 Å². The van der Waals surface area contributed by atoms with Gasteiger partial charge in [0.15, 0.2) is 0 Å². The third-order valence-corrected chi connectivity index (χ3v) is 3.10. The highest BCUT2D eigenvalue weighted by Gasteiger charge is 2.35. The number of ether oxygens (including phenoxy) is 1. The van der Waals surface area contributed by atoms with E-state index in [1.807, 2.05) is 0 Å². The number of aliphatic carboxylic acids is 1. The van der Waals surface area contributed by atoms with Crippen LogP contribution in [0.5, 0.6) is 0 Å². The fraction of sp³-hybridized carbons (Fsp3) is 0.846. The average Bonchev–Trinajstić information content (AvgIpc) is 2.11. The van der Waals surface area contributed by atoms with Gasteiger partial charge in [0.2, 0.25) is 0 Å². The summed E-state index contributed by atoms with van der Waals surface area (Å²) in [6.45, 7) is 5.39.